The van der Waals surface area contributed by atoms with Crippen molar-refractivity contribution in [1.29, 1.82) is 0 Å². The van der Waals surface area contributed by atoms with Crippen molar-refractivity contribution in [3.05, 3.63) is 35.9 Å². The predicted molar refractivity (Wildman–Crippen MR) is 59.7 cm³/mol. The van der Waals surface area contributed by atoms with Gasteiger partial charge in [-0.15, -0.1) is 0 Å². The van der Waals surface area contributed by atoms with Gasteiger partial charge in [0.2, 0.25) is 0 Å². The molecule has 0 spiro atoms. The number of hydrogen-bond donors (Lipinski definition) is 0. The van der Waals surface area contributed by atoms with Gasteiger partial charge in [-0.25, -0.2) is 0 Å². The van der Waals surface area contributed by atoms with Crippen molar-refractivity contribution in [2.45, 2.75) is 18.4 Å². The SMILES string of the molecule is c1ccc(C2(N3CCOCC3)CC2)cc1. The Labute approximate surface area is 90.8 Å². The van der Waals surface area contributed by atoms with Gasteiger partial charge in [-0.2, -0.15) is 0 Å². The molecule has 2 fully saturated rings. The van der Waals surface area contributed by atoms with E-state index < -0.39 is 0 Å². The second-order valence-electron chi connectivity index (χ2n) is 4.50. The molecule has 0 N–H and O–H groups in total. The summed E-state index contributed by atoms with van der Waals surface area (Å²) in [6.45, 7) is 3.98. The predicted octanol–water partition coefficient (Wildman–Crippen LogP) is 2.01. The summed E-state index contributed by atoms with van der Waals surface area (Å²) in [6, 6.07) is 10.9. The third-order valence-electron chi connectivity index (χ3n) is 3.65. The summed E-state index contributed by atoms with van der Waals surface area (Å²) in [7, 11) is 0. The standard InChI is InChI=1S/C13H17NO/c1-2-4-12(5-3-1)13(6-7-13)14-8-10-15-11-9-14/h1-5H,6-11H2. The van der Waals surface area contributed by atoms with Gasteiger partial charge >= 0.3 is 0 Å². The van der Waals surface area contributed by atoms with Crippen LogP contribution in [0.25, 0.3) is 0 Å². The Kier molecular flexibility index (Phi) is 2.26. The first-order valence-corrected chi connectivity index (χ1v) is 5.80. The van der Waals surface area contributed by atoms with Crippen molar-refractivity contribution in [2.24, 2.45) is 0 Å². The Morgan fingerprint density at radius 1 is 1.00 bits per heavy atom. The van der Waals surface area contributed by atoms with Gasteiger partial charge in [0.25, 0.3) is 0 Å². The van der Waals surface area contributed by atoms with Crippen LogP contribution in [-0.2, 0) is 10.3 Å². The van der Waals surface area contributed by atoms with Gasteiger partial charge in [-0.3, -0.25) is 4.90 Å². The van der Waals surface area contributed by atoms with E-state index in [9.17, 15) is 0 Å². The molecule has 2 heteroatoms. The van der Waals surface area contributed by atoms with Gasteiger partial charge < -0.3 is 4.74 Å². The number of morpholine rings is 1. The maximum absolute atomic E-state index is 5.42. The molecule has 2 aliphatic rings. The minimum Gasteiger partial charge on any atom is -0.379 e. The van der Waals surface area contributed by atoms with Crippen molar-refractivity contribution in [1.82, 2.24) is 4.90 Å². The molecule has 1 saturated heterocycles. The lowest BCUT2D eigenvalue weighted by Gasteiger charge is -2.35. The van der Waals surface area contributed by atoms with Gasteiger partial charge in [-0.05, 0) is 18.4 Å². The molecule has 0 unspecified atom stereocenters. The highest BCUT2D eigenvalue weighted by atomic mass is 16.5. The smallest absolute Gasteiger partial charge is 0.0594 e. The molecule has 0 amide bonds. The molecule has 0 radical (unpaired) electrons. The molecule has 15 heavy (non-hydrogen) atoms. The third-order valence-corrected chi connectivity index (χ3v) is 3.65. The summed E-state index contributed by atoms with van der Waals surface area (Å²) in [6.07, 6.45) is 2.63. The molecular formula is C13H17NO. The quantitative estimate of drug-likeness (QED) is 0.729. The fraction of sp³-hybridized carbons (Fsp3) is 0.538. The summed E-state index contributed by atoms with van der Waals surface area (Å²) < 4.78 is 5.42. The molecule has 1 saturated carbocycles. The van der Waals surface area contributed by atoms with E-state index in [2.05, 4.69) is 35.2 Å². The minimum absolute atomic E-state index is 0.366. The van der Waals surface area contributed by atoms with E-state index in [1.54, 1.807) is 0 Å². The summed E-state index contributed by atoms with van der Waals surface area (Å²) in [5, 5.41) is 0. The highest BCUT2D eigenvalue weighted by Gasteiger charge is 2.49. The molecule has 0 aromatic heterocycles. The van der Waals surface area contributed by atoms with E-state index in [0.717, 1.165) is 26.3 Å². The average molecular weight is 203 g/mol. The largest absolute Gasteiger partial charge is 0.379 e. The van der Waals surface area contributed by atoms with E-state index in [-0.39, 0.29) is 0 Å². The van der Waals surface area contributed by atoms with Gasteiger partial charge in [0.15, 0.2) is 0 Å². The normalized spacial score (nSPS) is 25.1. The van der Waals surface area contributed by atoms with Crippen LogP contribution in [0.2, 0.25) is 0 Å². The minimum atomic E-state index is 0.366. The average Bonchev–Trinajstić information content (AvgIpc) is 3.13. The van der Waals surface area contributed by atoms with Gasteiger partial charge in [0.1, 0.15) is 0 Å². The third kappa shape index (κ3) is 1.58. The highest BCUT2D eigenvalue weighted by Crippen LogP contribution is 2.50. The van der Waals surface area contributed by atoms with E-state index in [4.69, 9.17) is 4.74 Å². The van der Waals surface area contributed by atoms with Crippen LogP contribution >= 0.6 is 0 Å². The summed E-state index contributed by atoms with van der Waals surface area (Å²) >= 11 is 0. The highest BCUT2D eigenvalue weighted by molar-refractivity contribution is 5.30. The zero-order valence-corrected chi connectivity index (χ0v) is 8.98. The van der Waals surface area contributed by atoms with Crippen molar-refractivity contribution < 1.29 is 4.74 Å². The fourth-order valence-electron chi connectivity index (χ4n) is 2.65. The molecule has 0 bridgehead atoms. The van der Waals surface area contributed by atoms with E-state index in [1.807, 2.05) is 0 Å². The lowest BCUT2D eigenvalue weighted by atomic mass is 10.0. The van der Waals surface area contributed by atoms with E-state index in [0.29, 0.717) is 5.54 Å². The first-order valence-electron chi connectivity index (χ1n) is 5.80. The maximum Gasteiger partial charge on any atom is 0.0594 e. The lowest BCUT2D eigenvalue weighted by molar-refractivity contribution is 0.00835. The summed E-state index contributed by atoms with van der Waals surface area (Å²) in [5.41, 5.74) is 1.86. The van der Waals surface area contributed by atoms with Crippen molar-refractivity contribution in [3.8, 4) is 0 Å². The lowest BCUT2D eigenvalue weighted by Crippen LogP contribution is -2.43. The van der Waals surface area contributed by atoms with Crippen LogP contribution in [0.1, 0.15) is 18.4 Å². The number of hydrogen-bond acceptors (Lipinski definition) is 2. The molecule has 1 heterocycles. The Bertz CT molecular complexity index is 326. The molecule has 0 atom stereocenters. The second kappa shape index (κ2) is 3.62. The fourth-order valence-corrected chi connectivity index (χ4v) is 2.65. The van der Waals surface area contributed by atoms with E-state index >= 15 is 0 Å². The topological polar surface area (TPSA) is 12.5 Å². The molecule has 3 rings (SSSR count). The Balaban J connectivity index is 1.84. The number of rotatable bonds is 2. The molecule has 1 aliphatic carbocycles. The van der Waals surface area contributed by atoms with E-state index in [1.165, 1.54) is 18.4 Å². The second-order valence-corrected chi connectivity index (χ2v) is 4.50. The Hall–Kier alpha value is -0.860. The summed E-state index contributed by atoms with van der Waals surface area (Å²) in [4.78, 5) is 2.60. The Morgan fingerprint density at radius 3 is 2.27 bits per heavy atom. The van der Waals surface area contributed by atoms with Crippen LogP contribution in [0, 0.1) is 0 Å². The maximum atomic E-state index is 5.42. The van der Waals surface area contributed by atoms with Gasteiger partial charge in [0.05, 0.1) is 13.2 Å². The summed E-state index contributed by atoms with van der Waals surface area (Å²) in [5.74, 6) is 0. The molecule has 80 valence electrons. The monoisotopic (exact) mass is 203 g/mol. The number of ether oxygens (including phenoxy) is 1. The first kappa shape index (κ1) is 9.37. The van der Waals surface area contributed by atoms with Gasteiger partial charge in [0, 0.05) is 18.6 Å². The van der Waals surface area contributed by atoms with Crippen molar-refractivity contribution >= 4 is 0 Å². The van der Waals surface area contributed by atoms with Crippen LogP contribution < -0.4 is 0 Å². The van der Waals surface area contributed by atoms with Crippen molar-refractivity contribution in [3.63, 3.8) is 0 Å². The van der Waals surface area contributed by atoms with Crippen LogP contribution in [0.5, 0.6) is 0 Å². The number of benzene rings is 1. The molecule has 1 aromatic rings. The van der Waals surface area contributed by atoms with Crippen LogP contribution in [0.15, 0.2) is 30.3 Å². The number of nitrogens with zero attached hydrogens (tertiary/aromatic N) is 1. The molecule has 1 aliphatic heterocycles. The van der Waals surface area contributed by atoms with Crippen molar-refractivity contribution in [2.75, 3.05) is 26.3 Å². The molecule has 2 nitrogen and oxygen atoms in total. The first-order chi connectivity index (χ1) is 7.42. The van der Waals surface area contributed by atoms with Crippen LogP contribution in [0.3, 0.4) is 0 Å². The van der Waals surface area contributed by atoms with Crippen LogP contribution in [0.4, 0.5) is 0 Å². The zero-order valence-electron chi connectivity index (χ0n) is 8.98. The molecular weight excluding hydrogens is 186 g/mol. The Morgan fingerprint density at radius 2 is 1.67 bits per heavy atom. The van der Waals surface area contributed by atoms with Gasteiger partial charge in [-0.1, -0.05) is 30.3 Å². The zero-order chi connectivity index (χ0) is 10.1. The molecule has 1 aromatic carbocycles. The van der Waals surface area contributed by atoms with Crippen LogP contribution in [-0.4, -0.2) is 31.2 Å².